The largest absolute Gasteiger partial charge is 0.328 e. The average Bonchev–Trinajstić information content (AvgIpc) is 1.89. The number of hydrogen-bond donors (Lipinski definition) is 1. The number of unbranched alkanes of at least 4 members (excludes halogenated alkanes) is 2. The molecule has 0 radical (unpaired) electrons. The van der Waals surface area contributed by atoms with Crippen LogP contribution < -0.4 is 5.73 Å². The molecule has 2 heteroatoms. The monoisotopic (exact) mass is 255 g/mol. The summed E-state index contributed by atoms with van der Waals surface area (Å²) in [6.07, 6.45) is 6.36. The third kappa shape index (κ3) is 6.81. The Labute approximate surface area is 77.9 Å². The molecular formula is C8H18IN. The van der Waals surface area contributed by atoms with E-state index in [1.165, 1.54) is 36.5 Å². The number of hydrogen-bond acceptors (Lipinski definition) is 1. The lowest BCUT2D eigenvalue weighted by Crippen LogP contribution is -2.19. The highest BCUT2D eigenvalue weighted by Gasteiger charge is 1.99. The molecular weight excluding hydrogens is 237 g/mol. The Hall–Kier alpha value is 0.690. The molecule has 0 saturated carbocycles. The Bertz CT molecular complexity index is 66.3. The third-order valence-electron chi connectivity index (χ3n) is 1.66. The molecule has 0 aromatic heterocycles. The van der Waals surface area contributed by atoms with Crippen LogP contribution in [-0.4, -0.2) is 10.5 Å². The number of alkyl halides is 1. The fraction of sp³-hybridized carbons (Fsp3) is 1.00. The maximum Gasteiger partial charge on any atom is 0.00461 e. The molecule has 0 aliphatic rings. The molecule has 1 atom stereocenters. The van der Waals surface area contributed by atoms with Gasteiger partial charge in [-0.2, -0.15) is 0 Å². The minimum Gasteiger partial charge on any atom is -0.328 e. The molecule has 1 nitrogen and oxygen atoms in total. The molecule has 1 unspecified atom stereocenters. The summed E-state index contributed by atoms with van der Waals surface area (Å²) in [5.74, 6) is 0. The lowest BCUT2D eigenvalue weighted by Gasteiger charge is -2.07. The Morgan fingerprint density at radius 1 is 1.30 bits per heavy atom. The van der Waals surface area contributed by atoms with E-state index >= 15 is 0 Å². The standard InChI is InChI=1S/C8H18IN/c1-2-3-4-5-8(10)6-7-9/h8H,2-7,10H2,1H3. The molecule has 0 aromatic carbocycles. The molecule has 0 amide bonds. The predicted octanol–water partition coefficient (Wildman–Crippen LogP) is 2.72. The van der Waals surface area contributed by atoms with Gasteiger partial charge in [0.05, 0.1) is 0 Å². The van der Waals surface area contributed by atoms with Gasteiger partial charge in [-0.3, -0.25) is 0 Å². The molecule has 10 heavy (non-hydrogen) atoms. The summed E-state index contributed by atoms with van der Waals surface area (Å²) in [6.45, 7) is 2.23. The molecule has 0 fully saturated rings. The second-order valence-electron chi connectivity index (χ2n) is 2.73. The zero-order valence-electron chi connectivity index (χ0n) is 6.78. The molecule has 0 heterocycles. The summed E-state index contributed by atoms with van der Waals surface area (Å²) >= 11 is 2.38. The summed E-state index contributed by atoms with van der Waals surface area (Å²) in [4.78, 5) is 0. The minimum atomic E-state index is 0.462. The van der Waals surface area contributed by atoms with Gasteiger partial charge in [-0.25, -0.2) is 0 Å². The second kappa shape index (κ2) is 7.79. The molecule has 0 bridgehead atoms. The van der Waals surface area contributed by atoms with Gasteiger partial charge in [0.2, 0.25) is 0 Å². The fourth-order valence-corrected chi connectivity index (χ4v) is 1.74. The van der Waals surface area contributed by atoms with Crippen LogP contribution in [0.25, 0.3) is 0 Å². The predicted molar refractivity (Wildman–Crippen MR) is 55.6 cm³/mol. The molecule has 62 valence electrons. The van der Waals surface area contributed by atoms with E-state index in [9.17, 15) is 0 Å². The summed E-state index contributed by atoms with van der Waals surface area (Å²) < 4.78 is 1.20. The number of rotatable bonds is 6. The van der Waals surface area contributed by atoms with Crippen molar-refractivity contribution >= 4 is 22.6 Å². The van der Waals surface area contributed by atoms with Crippen molar-refractivity contribution in [3.05, 3.63) is 0 Å². The Morgan fingerprint density at radius 3 is 2.50 bits per heavy atom. The molecule has 0 aliphatic carbocycles. The first-order chi connectivity index (χ1) is 4.81. The summed E-state index contributed by atoms with van der Waals surface area (Å²) in [5, 5.41) is 0. The molecule has 0 aromatic rings. The maximum absolute atomic E-state index is 5.82. The zero-order valence-corrected chi connectivity index (χ0v) is 8.93. The first kappa shape index (κ1) is 10.7. The van der Waals surface area contributed by atoms with Gasteiger partial charge in [0.25, 0.3) is 0 Å². The second-order valence-corrected chi connectivity index (χ2v) is 3.81. The van der Waals surface area contributed by atoms with Gasteiger partial charge in [0, 0.05) is 10.5 Å². The van der Waals surface area contributed by atoms with Crippen molar-refractivity contribution in [1.82, 2.24) is 0 Å². The molecule has 0 aliphatic heterocycles. The summed E-state index contributed by atoms with van der Waals surface area (Å²) in [7, 11) is 0. The van der Waals surface area contributed by atoms with E-state index in [1.807, 2.05) is 0 Å². The van der Waals surface area contributed by atoms with Gasteiger partial charge in [-0.1, -0.05) is 48.8 Å². The summed E-state index contributed by atoms with van der Waals surface area (Å²) in [6, 6.07) is 0.462. The fourth-order valence-electron chi connectivity index (χ4n) is 0.941. The summed E-state index contributed by atoms with van der Waals surface area (Å²) in [5.41, 5.74) is 5.82. The Morgan fingerprint density at radius 2 is 2.00 bits per heavy atom. The van der Waals surface area contributed by atoms with E-state index in [2.05, 4.69) is 29.5 Å². The van der Waals surface area contributed by atoms with Gasteiger partial charge in [0.1, 0.15) is 0 Å². The quantitative estimate of drug-likeness (QED) is 0.441. The van der Waals surface area contributed by atoms with Crippen LogP contribution in [-0.2, 0) is 0 Å². The third-order valence-corrected chi connectivity index (χ3v) is 2.28. The van der Waals surface area contributed by atoms with Crippen LogP contribution in [0.1, 0.15) is 39.0 Å². The van der Waals surface area contributed by atoms with Crippen LogP contribution in [0.5, 0.6) is 0 Å². The van der Waals surface area contributed by atoms with E-state index in [-0.39, 0.29) is 0 Å². The van der Waals surface area contributed by atoms with Crippen molar-refractivity contribution in [1.29, 1.82) is 0 Å². The van der Waals surface area contributed by atoms with Gasteiger partial charge in [-0.15, -0.1) is 0 Å². The molecule has 0 rings (SSSR count). The van der Waals surface area contributed by atoms with Crippen molar-refractivity contribution in [2.75, 3.05) is 4.43 Å². The molecule has 0 spiro atoms. The first-order valence-corrected chi connectivity index (χ1v) is 5.65. The van der Waals surface area contributed by atoms with Gasteiger partial charge in [-0.05, 0) is 12.8 Å². The normalized spacial score (nSPS) is 13.5. The van der Waals surface area contributed by atoms with Crippen LogP contribution in [0.3, 0.4) is 0 Å². The average molecular weight is 255 g/mol. The topological polar surface area (TPSA) is 26.0 Å². The Balaban J connectivity index is 2.97. The van der Waals surface area contributed by atoms with Crippen molar-refractivity contribution < 1.29 is 0 Å². The van der Waals surface area contributed by atoms with Crippen LogP contribution in [0.2, 0.25) is 0 Å². The lowest BCUT2D eigenvalue weighted by molar-refractivity contribution is 0.552. The van der Waals surface area contributed by atoms with Crippen molar-refractivity contribution in [3.8, 4) is 0 Å². The van der Waals surface area contributed by atoms with E-state index < -0.39 is 0 Å². The van der Waals surface area contributed by atoms with E-state index in [0.717, 1.165) is 0 Å². The van der Waals surface area contributed by atoms with Crippen LogP contribution in [0.15, 0.2) is 0 Å². The smallest absolute Gasteiger partial charge is 0.00461 e. The van der Waals surface area contributed by atoms with Crippen LogP contribution in [0.4, 0.5) is 0 Å². The van der Waals surface area contributed by atoms with Gasteiger partial charge in [0.15, 0.2) is 0 Å². The Kier molecular flexibility index (Phi) is 8.33. The van der Waals surface area contributed by atoms with Crippen molar-refractivity contribution in [2.24, 2.45) is 5.73 Å². The van der Waals surface area contributed by atoms with E-state index in [0.29, 0.717) is 6.04 Å². The highest BCUT2D eigenvalue weighted by atomic mass is 127. The van der Waals surface area contributed by atoms with Gasteiger partial charge < -0.3 is 5.73 Å². The SMILES string of the molecule is CCCCCC(N)CCI. The van der Waals surface area contributed by atoms with Crippen molar-refractivity contribution in [3.63, 3.8) is 0 Å². The van der Waals surface area contributed by atoms with E-state index in [1.54, 1.807) is 0 Å². The van der Waals surface area contributed by atoms with Crippen molar-refractivity contribution in [2.45, 2.75) is 45.1 Å². The highest BCUT2D eigenvalue weighted by molar-refractivity contribution is 14.1. The van der Waals surface area contributed by atoms with Crippen LogP contribution >= 0.6 is 22.6 Å². The number of halogens is 1. The maximum atomic E-state index is 5.82. The lowest BCUT2D eigenvalue weighted by atomic mass is 10.1. The zero-order chi connectivity index (χ0) is 7.82. The highest BCUT2D eigenvalue weighted by Crippen LogP contribution is 2.05. The van der Waals surface area contributed by atoms with Gasteiger partial charge >= 0.3 is 0 Å². The first-order valence-electron chi connectivity index (χ1n) is 4.12. The minimum absolute atomic E-state index is 0.462. The van der Waals surface area contributed by atoms with Crippen LogP contribution in [0, 0.1) is 0 Å². The van der Waals surface area contributed by atoms with E-state index in [4.69, 9.17) is 5.73 Å². The number of nitrogens with two attached hydrogens (primary N) is 1. The molecule has 2 N–H and O–H groups in total. The molecule has 0 saturated heterocycles.